The van der Waals surface area contributed by atoms with E-state index < -0.39 is 52.6 Å². The number of hydrazine groups is 1. The van der Waals surface area contributed by atoms with Gasteiger partial charge < -0.3 is 9.94 Å². The van der Waals surface area contributed by atoms with E-state index in [4.69, 9.17) is 9.57 Å². The molecule has 0 aliphatic heterocycles. The van der Waals surface area contributed by atoms with E-state index in [0.29, 0.717) is 5.56 Å². The predicted molar refractivity (Wildman–Crippen MR) is 149 cm³/mol. The summed E-state index contributed by atoms with van der Waals surface area (Å²) in [5, 5.41) is 20.2. The number of aryl methyl sites for hydroxylation is 1. The summed E-state index contributed by atoms with van der Waals surface area (Å²) in [5.74, 6) is -1.68. The normalized spacial score (nSPS) is 13.0. The number of hydrogen-bond acceptors (Lipinski definition) is 9. The fraction of sp³-hybridized carbons (Fsp3) is 0.370. The molecule has 0 aliphatic carbocycles. The van der Waals surface area contributed by atoms with Crippen molar-refractivity contribution in [2.75, 3.05) is 6.54 Å². The van der Waals surface area contributed by atoms with Crippen LogP contribution in [0.5, 0.6) is 0 Å². The Labute approximate surface area is 251 Å². The second kappa shape index (κ2) is 13.7. The monoisotopic (exact) mass is 640 g/mol. The van der Waals surface area contributed by atoms with E-state index in [9.17, 15) is 36.4 Å². The van der Waals surface area contributed by atoms with Crippen LogP contribution >= 0.6 is 0 Å². The van der Waals surface area contributed by atoms with Crippen LogP contribution in [0.4, 0.5) is 13.2 Å². The maximum absolute atomic E-state index is 13.5. The van der Waals surface area contributed by atoms with Gasteiger partial charge in [0, 0.05) is 18.9 Å². The lowest BCUT2D eigenvalue weighted by Crippen LogP contribution is -2.45. The Bertz CT molecular complexity index is 1610. The van der Waals surface area contributed by atoms with Gasteiger partial charge in [0.05, 0.1) is 27.3 Å². The Morgan fingerprint density at radius 1 is 1.11 bits per heavy atom. The number of halogens is 3. The Hall–Kier alpha value is -4.67. The molecule has 44 heavy (non-hydrogen) atoms. The molecule has 17 heteroatoms. The molecule has 0 spiro atoms. The molecule has 3 aromatic rings. The number of alkyl halides is 3. The number of esters is 1. The van der Waals surface area contributed by atoms with Crippen molar-refractivity contribution in [1.29, 1.82) is 0 Å². The van der Waals surface area contributed by atoms with Crippen molar-refractivity contribution in [3.05, 3.63) is 71.1 Å². The van der Waals surface area contributed by atoms with E-state index >= 15 is 0 Å². The number of nitrogens with one attached hydrogen (secondary N) is 1. The quantitative estimate of drug-likeness (QED) is 0.0990. The molecular formula is C27H31F3N6O7S. The van der Waals surface area contributed by atoms with E-state index in [1.54, 1.807) is 31.2 Å². The van der Waals surface area contributed by atoms with Crippen LogP contribution in [0, 0.1) is 12.1 Å². The number of benzene rings is 2. The Morgan fingerprint density at radius 3 is 2.27 bits per heavy atom. The molecule has 2 aromatic carbocycles. The largest absolute Gasteiger partial charge is 0.569 e. The lowest BCUT2D eigenvalue weighted by Gasteiger charge is -2.21. The van der Waals surface area contributed by atoms with Crippen LogP contribution in [0.1, 0.15) is 45.4 Å². The van der Waals surface area contributed by atoms with Gasteiger partial charge in [0.25, 0.3) is 22.2 Å². The second-order valence-corrected chi connectivity index (χ2v) is 11.4. The topological polar surface area (TPSA) is 158 Å². The minimum atomic E-state index is -4.72. The van der Waals surface area contributed by atoms with E-state index in [-0.39, 0.29) is 27.7 Å². The highest BCUT2D eigenvalue weighted by molar-refractivity contribution is 7.90. The zero-order valence-corrected chi connectivity index (χ0v) is 25.2. The number of sulfonamides is 1. The van der Waals surface area contributed by atoms with Crippen molar-refractivity contribution in [3.63, 3.8) is 0 Å². The summed E-state index contributed by atoms with van der Waals surface area (Å²) in [4.78, 5) is 28.3. The van der Waals surface area contributed by atoms with Gasteiger partial charge in [0.15, 0.2) is 12.2 Å². The molecule has 238 valence electrons. The summed E-state index contributed by atoms with van der Waals surface area (Å²) in [5.41, 5.74) is 0.490. The molecule has 0 fully saturated rings. The molecule has 1 atom stereocenters. The van der Waals surface area contributed by atoms with Gasteiger partial charge in [-0.25, -0.2) is 17.8 Å². The third-order valence-corrected chi connectivity index (χ3v) is 7.35. The van der Waals surface area contributed by atoms with Gasteiger partial charge in [-0.05, 0) is 51.1 Å². The fourth-order valence-electron chi connectivity index (χ4n) is 3.69. The molecule has 0 aliphatic rings. The first kappa shape index (κ1) is 33.8. The molecule has 0 radical (unpaired) electrons. The first-order valence-corrected chi connectivity index (χ1v) is 14.7. The van der Waals surface area contributed by atoms with Crippen molar-refractivity contribution >= 4 is 21.9 Å². The van der Waals surface area contributed by atoms with E-state index in [1.165, 1.54) is 32.9 Å². The standard InChI is InChI=1S/C27H31F3N6O7S/c1-6-26(38)42-19(5)43-33-36(39)34(17(2)3)16-25(37)32-44(40,41)22-13-11-21(12-14-22)35-23(15-24(31-35)27(28,29)30)20-9-7-18(4)8-10-20/h7-15,17,19H,6,16H2,1-5H3,(H,32,37)/b36-33-. The smallest absolute Gasteiger partial charge is 0.435 e. The molecular weight excluding hydrogens is 609 g/mol. The number of nitrogens with zero attached hydrogens (tertiary/aromatic N) is 5. The summed E-state index contributed by atoms with van der Waals surface area (Å²) in [6.45, 7) is 7.03. The number of rotatable bonds is 12. The van der Waals surface area contributed by atoms with Gasteiger partial charge in [0.1, 0.15) is 0 Å². The lowest BCUT2D eigenvalue weighted by atomic mass is 10.1. The van der Waals surface area contributed by atoms with Crippen LogP contribution in [0.2, 0.25) is 0 Å². The Morgan fingerprint density at radius 2 is 1.73 bits per heavy atom. The predicted octanol–water partition coefficient (Wildman–Crippen LogP) is 4.49. The van der Waals surface area contributed by atoms with Gasteiger partial charge in [-0.3, -0.25) is 14.4 Å². The number of aromatic nitrogens is 2. The fourth-order valence-corrected chi connectivity index (χ4v) is 4.66. The van der Waals surface area contributed by atoms with Crippen molar-refractivity contribution in [2.45, 2.75) is 64.4 Å². The zero-order valence-electron chi connectivity index (χ0n) is 24.4. The number of carbonyl (C=O) groups is 2. The second-order valence-electron chi connectivity index (χ2n) is 9.76. The van der Waals surface area contributed by atoms with Gasteiger partial charge in [-0.1, -0.05) is 36.8 Å². The minimum Gasteiger partial charge on any atom is -0.569 e. The number of hydrogen-bond donors (Lipinski definition) is 1. The molecule has 0 saturated heterocycles. The van der Waals surface area contributed by atoms with Crippen LogP contribution in [0.15, 0.2) is 64.8 Å². The Kier molecular flexibility index (Phi) is 10.6. The van der Waals surface area contributed by atoms with Crippen LogP contribution < -0.4 is 4.72 Å². The van der Waals surface area contributed by atoms with Gasteiger partial charge >= 0.3 is 12.1 Å². The van der Waals surface area contributed by atoms with Crippen LogP contribution in [0.25, 0.3) is 16.9 Å². The number of ether oxygens (including phenoxy) is 1. The average Bonchev–Trinajstić information content (AvgIpc) is 3.41. The Balaban J connectivity index is 1.78. The van der Waals surface area contributed by atoms with Gasteiger partial charge in [-0.15, -0.1) is 5.01 Å². The van der Waals surface area contributed by atoms with Crippen molar-refractivity contribution in [2.24, 2.45) is 5.28 Å². The maximum Gasteiger partial charge on any atom is 0.435 e. The van der Waals surface area contributed by atoms with E-state index in [1.807, 2.05) is 11.6 Å². The lowest BCUT2D eigenvalue weighted by molar-refractivity contribution is -0.717. The van der Waals surface area contributed by atoms with Gasteiger partial charge in [-0.2, -0.15) is 18.3 Å². The summed E-state index contributed by atoms with van der Waals surface area (Å²) in [6.07, 6.45) is -5.85. The molecule has 1 amide bonds. The van der Waals surface area contributed by atoms with Crippen molar-refractivity contribution in [3.8, 4) is 16.9 Å². The number of carbonyl (C=O) groups excluding carboxylic acids is 2. The third-order valence-electron chi connectivity index (χ3n) is 5.96. The molecule has 1 aromatic heterocycles. The van der Waals surface area contributed by atoms with Crippen LogP contribution in [-0.2, 0) is 35.4 Å². The van der Waals surface area contributed by atoms with E-state index in [0.717, 1.165) is 33.5 Å². The first-order valence-electron chi connectivity index (χ1n) is 13.2. The summed E-state index contributed by atoms with van der Waals surface area (Å²) in [6, 6.07) is 11.7. The van der Waals surface area contributed by atoms with Crippen LogP contribution in [0.3, 0.4) is 0 Å². The highest BCUT2D eigenvalue weighted by Crippen LogP contribution is 2.33. The average molecular weight is 641 g/mol. The zero-order chi connectivity index (χ0) is 32.8. The minimum absolute atomic E-state index is 0.0704. The highest BCUT2D eigenvalue weighted by Gasteiger charge is 2.35. The molecule has 1 unspecified atom stereocenters. The van der Waals surface area contributed by atoms with E-state index in [2.05, 4.69) is 10.4 Å². The molecule has 0 saturated carbocycles. The molecule has 13 nitrogen and oxygen atoms in total. The van der Waals surface area contributed by atoms with Crippen molar-refractivity contribution in [1.82, 2.24) is 19.5 Å². The molecule has 1 N–H and O–H groups in total. The first-order chi connectivity index (χ1) is 20.5. The SMILES string of the molecule is CCC(=O)OC(C)O/N=[N+](\[O-])N(CC(=O)NS(=O)(=O)c1ccc(-n2nc(C(F)(F)F)cc2-c2ccc(C)cc2)cc1)C(C)C. The van der Waals surface area contributed by atoms with Crippen molar-refractivity contribution < 1.29 is 45.7 Å². The van der Waals surface area contributed by atoms with Gasteiger partial charge in [0.2, 0.25) is 5.28 Å². The maximum atomic E-state index is 13.5. The molecule has 3 rings (SSSR count). The van der Waals surface area contributed by atoms with Crippen LogP contribution in [-0.4, -0.2) is 58.9 Å². The highest BCUT2D eigenvalue weighted by atomic mass is 32.2. The summed E-state index contributed by atoms with van der Waals surface area (Å²) < 4.78 is 74.0. The summed E-state index contributed by atoms with van der Waals surface area (Å²) in [7, 11) is -4.46. The molecule has 1 heterocycles. The summed E-state index contributed by atoms with van der Waals surface area (Å²) >= 11 is 0. The third kappa shape index (κ3) is 8.68. The molecule has 0 bridgehead atoms. The number of amides is 1.